The Morgan fingerprint density at radius 1 is 0.900 bits per heavy atom. The van der Waals surface area contributed by atoms with Crippen molar-refractivity contribution < 1.29 is 19.5 Å². The maximum Gasteiger partial charge on any atom is 0.337 e. The Bertz CT molecular complexity index is 1090. The van der Waals surface area contributed by atoms with Gasteiger partial charge in [-0.25, -0.2) is 9.59 Å². The molecule has 0 spiro atoms. The molecule has 0 aliphatic rings. The minimum Gasteiger partial charge on any atom is -0.478 e. The number of para-hydroxylation sites is 1. The van der Waals surface area contributed by atoms with Crippen LogP contribution in [-0.4, -0.2) is 29.6 Å². The number of amides is 3. The van der Waals surface area contributed by atoms with E-state index in [2.05, 4.69) is 16.0 Å². The number of aryl methyl sites for hydroxylation is 1. The third-order valence-corrected chi connectivity index (χ3v) is 4.57. The number of carboxylic acid groups (broad SMARTS) is 1. The van der Waals surface area contributed by atoms with Crippen LogP contribution in [0.5, 0.6) is 0 Å². The number of carbonyl (C=O) groups excluding carboxylic acids is 2. The Morgan fingerprint density at radius 2 is 1.63 bits per heavy atom. The molecule has 3 aromatic carbocycles. The number of hydrogen-bond donors (Lipinski definition) is 4. The summed E-state index contributed by atoms with van der Waals surface area (Å²) in [7, 11) is 0. The van der Waals surface area contributed by atoms with Crippen LogP contribution in [0, 0.1) is 0 Å². The van der Waals surface area contributed by atoms with E-state index in [1.807, 2.05) is 43.3 Å². The van der Waals surface area contributed by atoms with Crippen LogP contribution >= 0.6 is 0 Å². The maximum atomic E-state index is 12.3. The first kappa shape index (κ1) is 20.9. The maximum absolute atomic E-state index is 12.3. The van der Waals surface area contributed by atoms with Gasteiger partial charge in [0.05, 0.1) is 11.3 Å². The Kier molecular flexibility index (Phi) is 6.64. The summed E-state index contributed by atoms with van der Waals surface area (Å²) in [5.74, 6) is -1.33. The quantitative estimate of drug-likeness (QED) is 0.471. The molecule has 0 saturated heterocycles. The first-order valence-electron chi connectivity index (χ1n) is 9.66. The number of aromatic carboxylic acids is 1. The van der Waals surface area contributed by atoms with Gasteiger partial charge in [-0.15, -0.1) is 0 Å². The molecule has 154 valence electrons. The van der Waals surface area contributed by atoms with E-state index in [4.69, 9.17) is 0 Å². The average molecular weight is 405 g/mol. The molecular formula is C23H23N3O4. The highest BCUT2D eigenvalue weighted by atomic mass is 16.4. The van der Waals surface area contributed by atoms with E-state index in [1.165, 1.54) is 6.07 Å². The van der Waals surface area contributed by atoms with E-state index >= 15 is 0 Å². The van der Waals surface area contributed by atoms with Crippen LogP contribution in [0.2, 0.25) is 0 Å². The van der Waals surface area contributed by atoms with Crippen molar-refractivity contribution in [2.24, 2.45) is 0 Å². The largest absolute Gasteiger partial charge is 0.478 e. The summed E-state index contributed by atoms with van der Waals surface area (Å²) in [4.78, 5) is 35.2. The van der Waals surface area contributed by atoms with Crippen molar-refractivity contribution in [3.8, 4) is 0 Å². The summed E-state index contributed by atoms with van der Waals surface area (Å²) in [5, 5.41) is 19.3. The fraction of sp³-hybridized carbons (Fsp3) is 0.174. The van der Waals surface area contributed by atoms with Gasteiger partial charge in [-0.2, -0.15) is 0 Å². The summed E-state index contributed by atoms with van der Waals surface area (Å²) in [6.07, 6.45) is 0.756. The zero-order valence-corrected chi connectivity index (χ0v) is 16.6. The van der Waals surface area contributed by atoms with Gasteiger partial charge >= 0.3 is 12.0 Å². The predicted molar refractivity (Wildman–Crippen MR) is 117 cm³/mol. The average Bonchev–Trinajstić information content (AvgIpc) is 2.72. The van der Waals surface area contributed by atoms with Gasteiger partial charge in [-0.05, 0) is 53.9 Å². The lowest BCUT2D eigenvalue weighted by Crippen LogP contribution is -2.28. The molecule has 30 heavy (non-hydrogen) atoms. The fourth-order valence-electron chi connectivity index (χ4n) is 3.11. The van der Waals surface area contributed by atoms with Gasteiger partial charge in [0, 0.05) is 18.7 Å². The van der Waals surface area contributed by atoms with Crippen molar-refractivity contribution in [3.63, 3.8) is 0 Å². The lowest BCUT2D eigenvalue weighted by molar-refractivity contribution is -0.116. The third-order valence-electron chi connectivity index (χ3n) is 4.57. The molecule has 0 heterocycles. The number of nitrogens with one attached hydrogen (secondary N) is 3. The van der Waals surface area contributed by atoms with Crippen molar-refractivity contribution in [1.29, 1.82) is 0 Å². The van der Waals surface area contributed by atoms with E-state index in [9.17, 15) is 19.5 Å². The van der Waals surface area contributed by atoms with Gasteiger partial charge < -0.3 is 21.1 Å². The Morgan fingerprint density at radius 3 is 2.40 bits per heavy atom. The zero-order valence-electron chi connectivity index (χ0n) is 16.6. The van der Waals surface area contributed by atoms with E-state index in [1.54, 1.807) is 18.2 Å². The Balaban J connectivity index is 1.63. The smallest absolute Gasteiger partial charge is 0.337 e. The molecule has 7 nitrogen and oxygen atoms in total. The minimum atomic E-state index is -1.08. The lowest BCUT2D eigenvalue weighted by atomic mass is 10.0. The molecule has 0 unspecified atom stereocenters. The van der Waals surface area contributed by atoms with Crippen molar-refractivity contribution in [2.75, 3.05) is 17.2 Å². The van der Waals surface area contributed by atoms with Crippen LogP contribution in [0.25, 0.3) is 10.8 Å². The number of urea groups is 1. The number of carboxylic acids is 1. The summed E-state index contributed by atoms with van der Waals surface area (Å²) in [5.41, 5.74) is 2.06. The van der Waals surface area contributed by atoms with E-state index in [0.717, 1.165) is 16.3 Å². The third kappa shape index (κ3) is 5.35. The highest BCUT2D eigenvalue weighted by Gasteiger charge is 2.12. The van der Waals surface area contributed by atoms with Crippen LogP contribution in [0.15, 0.2) is 60.7 Å². The number of carbonyl (C=O) groups is 3. The predicted octanol–water partition coefficient (Wildman–Crippen LogP) is 4.25. The molecule has 0 saturated carbocycles. The van der Waals surface area contributed by atoms with Gasteiger partial charge in [0.2, 0.25) is 5.91 Å². The Hall–Kier alpha value is -3.87. The molecule has 0 aliphatic carbocycles. The molecule has 4 N–H and O–H groups in total. The standard InChI is InChI=1S/C23H23N3O4/c1-2-24-23(30)25-18-11-10-16-13-15(7-9-17(16)14-18)8-12-21(27)26-20-6-4-3-5-19(20)22(28)29/h3-7,9-11,13-14H,2,8,12H2,1H3,(H,26,27)(H,28,29)(H2,24,25,30). The second-order valence-corrected chi connectivity index (χ2v) is 6.78. The molecule has 0 aromatic heterocycles. The van der Waals surface area contributed by atoms with E-state index in [-0.39, 0.29) is 23.9 Å². The number of benzene rings is 3. The second-order valence-electron chi connectivity index (χ2n) is 6.78. The first-order chi connectivity index (χ1) is 14.5. The summed E-state index contributed by atoms with van der Waals surface area (Å²) >= 11 is 0. The number of rotatable bonds is 7. The highest BCUT2D eigenvalue weighted by molar-refractivity contribution is 6.00. The van der Waals surface area contributed by atoms with Gasteiger partial charge in [0.25, 0.3) is 0 Å². The van der Waals surface area contributed by atoms with Gasteiger partial charge in [0.1, 0.15) is 0 Å². The zero-order chi connectivity index (χ0) is 21.5. The summed E-state index contributed by atoms with van der Waals surface area (Å²) in [6.45, 7) is 2.41. The van der Waals surface area contributed by atoms with Gasteiger partial charge in [-0.3, -0.25) is 4.79 Å². The van der Waals surface area contributed by atoms with Gasteiger partial charge in [0.15, 0.2) is 0 Å². The van der Waals surface area contributed by atoms with Crippen LogP contribution in [-0.2, 0) is 11.2 Å². The van der Waals surface area contributed by atoms with Gasteiger partial charge in [-0.1, -0.05) is 36.4 Å². The molecule has 0 fully saturated rings. The molecule has 3 aromatic rings. The van der Waals surface area contributed by atoms with Crippen LogP contribution in [0.4, 0.5) is 16.2 Å². The number of anilines is 2. The molecule has 0 aliphatic heterocycles. The van der Waals surface area contributed by atoms with Crippen LogP contribution in [0.3, 0.4) is 0 Å². The molecular weight excluding hydrogens is 382 g/mol. The van der Waals surface area contributed by atoms with Crippen molar-refractivity contribution >= 4 is 40.1 Å². The van der Waals surface area contributed by atoms with Crippen molar-refractivity contribution in [1.82, 2.24) is 5.32 Å². The first-order valence-corrected chi connectivity index (χ1v) is 9.66. The van der Waals surface area contributed by atoms with Crippen LogP contribution in [0.1, 0.15) is 29.3 Å². The molecule has 0 radical (unpaired) electrons. The fourth-order valence-corrected chi connectivity index (χ4v) is 3.11. The van der Waals surface area contributed by atoms with E-state index in [0.29, 0.717) is 24.3 Å². The Labute approximate surface area is 174 Å². The van der Waals surface area contributed by atoms with Crippen molar-refractivity contribution in [2.45, 2.75) is 19.8 Å². The number of hydrogen-bond acceptors (Lipinski definition) is 3. The number of fused-ring (bicyclic) bond motifs is 1. The SMILES string of the molecule is CCNC(=O)Nc1ccc2cc(CCC(=O)Nc3ccccc3C(=O)O)ccc2c1. The molecule has 3 rings (SSSR count). The molecule has 3 amide bonds. The van der Waals surface area contributed by atoms with Crippen LogP contribution < -0.4 is 16.0 Å². The second kappa shape index (κ2) is 9.56. The normalized spacial score (nSPS) is 10.4. The molecule has 7 heteroatoms. The van der Waals surface area contributed by atoms with Crippen molar-refractivity contribution in [3.05, 3.63) is 71.8 Å². The lowest BCUT2D eigenvalue weighted by Gasteiger charge is -2.09. The summed E-state index contributed by atoms with van der Waals surface area (Å²) < 4.78 is 0. The van der Waals surface area contributed by atoms with E-state index < -0.39 is 5.97 Å². The summed E-state index contributed by atoms with van der Waals surface area (Å²) in [6, 6.07) is 17.6. The topological polar surface area (TPSA) is 108 Å². The molecule has 0 bridgehead atoms. The highest BCUT2D eigenvalue weighted by Crippen LogP contribution is 2.22. The monoisotopic (exact) mass is 405 g/mol. The minimum absolute atomic E-state index is 0.0635. The molecule has 0 atom stereocenters.